The summed E-state index contributed by atoms with van der Waals surface area (Å²) >= 11 is 1.61. The molecular formula is C19H17N5O2S. The van der Waals surface area contributed by atoms with Gasteiger partial charge < -0.3 is 15.0 Å². The highest BCUT2D eigenvalue weighted by atomic mass is 32.1. The van der Waals surface area contributed by atoms with Crippen LogP contribution in [0.1, 0.15) is 22.0 Å². The summed E-state index contributed by atoms with van der Waals surface area (Å²) in [6.07, 6.45) is 4.01. The number of hydrogen-bond donors (Lipinski definition) is 1. The zero-order valence-electron chi connectivity index (χ0n) is 14.6. The second-order valence-corrected chi connectivity index (χ2v) is 7.01. The molecule has 136 valence electrons. The molecule has 0 aliphatic heterocycles. The zero-order chi connectivity index (χ0) is 18.6. The number of hydrogen-bond acceptors (Lipinski definition) is 8. The summed E-state index contributed by atoms with van der Waals surface area (Å²) < 4.78 is 11.1. The van der Waals surface area contributed by atoms with E-state index in [1.807, 2.05) is 42.6 Å². The van der Waals surface area contributed by atoms with Crippen molar-refractivity contribution in [2.45, 2.75) is 20.0 Å². The van der Waals surface area contributed by atoms with Crippen molar-refractivity contribution in [3.8, 4) is 17.2 Å². The molecule has 4 aromatic heterocycles. The molecule has 0 aliphatic rings. The molecule has 2 N–H and O–H groups in total. The Labute approximate surface area is 159 Å². The van der Waals surface area contributed by atoms with Crippen LogP contribution in [0.5, 0.6) is 5.88 Å². The lowest BCUT2D eigenvalue weighted by molar-refractivity contribution is 0.290. The third-order valence-electron chi connectivity index (χ3n) is 3.88. The maximum Gasteiger partial charge on any atom is 0.213 e. The lowest BCUT2D eigenvalue weighted by Crippen LogP contribution is -1.98. The molecule has 0 aliphatic carbocycles. The number of nitrogen functional groups attached to an aromatic ring is 1. The van der Waals surface area contributed by atoms with Crippen LogP contribution in [-0.4, -0.2) is 20.1 Å². The van der Waals surface area contributed by atoms with E-state index in [2.05, 4.69) is 20.1 Å². The topological polar surface area (TPSA) is 100.0 Å². The minimum atomic E-state index is 0.413. The van der Waals surface area contributed by atoms with Gasteiger partial charge in [-0.15, -0.1) is 11.3 Å². The molecule has 0 bridgehead atoms. The van der Waals surface area contributed by atoms with E-state index in [0.717, 1.165) is 27.5 Å². The fraction of sp³-hybridized carbons (Fsp3) is 0.158. The molecule has 27 heavy (non-hydrogen) atoms. The molecule has 0 spiro atoms. The van der Waals surface area contributed by atoms with Gasteiger partial charge in [0.15, 0.2) is 5.76 Å². The summed E-state index contributed by atoms with van der Waals surface area (Å²) in [7, 11) is 0. The van der Waals surface area contributed by atoms with Crippen LogP contribution in [-0.2, 0) is 13.0 Å². The van der Waals surface area contributed by atoms with Crippen LogP contribution in [0.3, 0.4) is 0 Å². The minimum absolute atomic E-state index is 0.413. The maximum absolute atomic E-state index is 5.88. The van der Waals surface area contributed by atoms with Crippen LogP contribution >= 0.6 is 11.3 Å². The SMILES string of the molecule is Cc1nc(COc2ccc(Cc3cc(-c4cccnc4N)on3)cn2)cs1. The van der Waals surface area contributed by atoms with Gasteiger partial charge >= 0.3 is 0 Å². The van der Waals surface area contributed by atoms with Crippen molar-refractivity contribution in [2.75, 3.05) is 5.73 Å². The van der Waals surface area contributed by atoms with Crippen LogP contribution in [0.25, 0.3) is 11.3 Å². The highest BCUT2D eigenvalue weighted by molar-refractivity contribution is 7.09. The van der Waals surface area contributed by atoms with E-state index in [9.17, 15) is 0 Å². The van der Waals surface area contributed by atoms with E-state index >= 15 is 0 Å². The van der Waals surface area contributed by atoms with Crippen molar-refractivity contribution in [3.05, 3.63) is 70.1 Å². The first-order chi connectivity index (χ1) is 13.2. The Morgan fingerprint density at radius 3 is 2.85 bits per heavy atom. The molecule has 0 unspecified atom stereocenters. The third kappa shape index (κ3) is 4.12. The highest BCUT2D eigenvalue weighted by Gasteiger charge is 2.11. The van der Waals surface area contributed by atoms with Gasteiger partial charge in [0.05, 0.1) is 22.0 Å². The second kappa shape index (κ2) is 7.55. The molecule has 0 saturated heterocycles. The highest BCUT2D eigenvalue weighted by Crippen LogP contribution is 2.25. The van der Waals surface area contributed by atoms with Gasteiger partial charge in [-0.1, -0.05) is 11.2 Å². The van der Waals surface area contributed by atoms with E-state index in [1.54, 1.807) is 23.7 Å². The molecule has 0 saturated carbocycles. The first kappa shape index (κ1) is 17.2. The average Bonchev–Trinajstić information content (AvgIpc) is 3.30. The lowest BCUT2D eigenvalue weighted by Gasteiger charge is -2.04. The molecule has 0 aromatic carbocycles. The van der Waals surface area contributed by atoms with Crippen molar-refractivity contribution in [1.82, 2.24) is 20.1 Å². The van der Waals surface area contributed by atoms with Gasteiger partial charge in [-0.3, -0.25) is 0 Å². The number of ether oxygens (including phenoxy) is 1. The van der Waals surface area contributed by atoms with Crippen molar-refractivity contribution < 1.29 is 9.26 Å². The summed E-state index contributed by atoms with van der Waals surface area (Å²) in [5, 5.41) is 7.12. The van der Waals surface area contributed by atoms with Gasteiger partial charge in [-0.2, -0.15) is 0 Å². The molecular weight excluding hydrogens is 362 g/mol. The maximum atomic E-state index is 5.88. The number of nitrogens with two attached hydrogens (primary N) is 1. The average molecular weight is 379 g/mol. The second-order valence-electron chi connectivity index (χ2n) is 5.95. The van der Waals surface area contributed by atoms with Crippen molar-refractivity contribution >= 4 is 17.2 Å². The number of aryl methyl sites for hydroxylation is 1. The minimum Gasteiger partial charge on any atom is -0.471 e. The fourth-order valence-electron chi connectivity index (χ4n) is 2.58. The van der Waals surface area contributed by atoms with Crippen LogP contribution in [0.4, 0.5) is 5.82 Å². The monoisotopic (exact) mass is 379 g/mol. The summed E-state index contributed by atoms with van der Waals surface area (Å²) in [6, 6.07) is 9.33. The van der Waals surface area contributed by atoms with Crippen LogP contribution in [0, 0.1) is 6.92 Å². The van der Waals surface area contributed by atoms with E-state index in [-0.39, 0.29) is 0 Å². The van der Waals surface area contributed by atoms with Crippen LogP contribution in [0.2, 0.25) is 0 Å². The molecule has 4 rings (SSSR count). The molecule has 0 fully saturated rings. The Morgan fingerprint density at radius 2 is 2.11 bits per heavy atom. The van der Waals surface area contributed by atoms with E-state index in [1.165, 1.54) is 0 Å². The fourth-order valence-corrected chi connectivity index (χ4v) is 3.18. The first-order valence-corrected chi connectivity index (χ1v) is 9.20. The molecule has 0 atom stereocenters. The standard InChI is InChI=1S/C19H17N5O2S/c1-12-23-15(11-27-12)10-25-18-5-4-13(9-22-18)7-14-8-17(26-24-14)16-3-2-6-21-19(16)20/h2-6,8-9,11H,7,10H2,1H3,(H2,20,21). The molecule has 8 heteroatoms. The summed E-state index contributed by atoms with van der Waals surface area (Å²) in [5.41, 5.74) is 9.32. The van der Waals surface area contributed by atoms with Gasteiger partial charge in [-0.25, -0.2) is 15.0 Å². The zero-order valence-corrected chi connectivity index (χ0v) is 15.4. The van der Waals surface area contributed by atoms with E-state index in [4.69, 9.17) is 15.0 Å². The van der Waals surface area contributed by atoms with E-state index in [0.29, 0.717) is 30.5 Å². The number of thiazole rings is 1. The Bertz CT molecular complexity index is 1040. The molecule has 7 nitrogen and oxygen atoms in total. The van der Waals surface area contributed by atoms with E-state index < -0.39 is 0 Å². The number of rotatable bonds is 6. The smallest absolute Gasteiger partial charge is 0.213 e. The third-order valence-corrected chi connectivity index (χ3v) is 4.70. The van der Waals surface area contributed by atoms with Gasteiger partial charge in [0.2, 0.25) is 5.88 Å². The van der Waals surface area contributed by atoms with Crippen molar-refractivity contribution in [1.29, 1.82) is 0 Å². The normalized spacial score (nSPS) is 10.9. The van der Waals surface area contributed by atoms with Crippen LogP contribution in [0.15, 0.2) is 52.6 Å². The Morgan fingerprint density at radius 1 is 1.19 bits per heavy atom. The lowest BCUT2D eigenvalue weighted by atomic mass is 10.1. The van der Waals surface area contributed by atoms with Gasteiger partial charge in [0.25, 0.3) is 0 Å². The number of aromatic nitrogens is 4. The van der Waals surface area contributed by atoms with Gasteiger partial charge in [0.1, 0.15) is 12.4 Å². The van der Waals surface area contributed by atoms with Crippen molar-refractivity contribution in [3.63, 3.8) is 0 Å². The number of pyridine rings is 2. The van der Waals surface area contributed by atoms with Crippen molar-refractivity contribution in [2.24, 2.45) is 0 Å². The summed E-state index contributed by atoms with van der Waals surface area (Å²) in [6.45, 7) is 2.38. The molecule has 0 radical (unpaired) electrons. The summed E-state index contributed by atoms with van der Waals surface area (Å²) in [4.78, 5) is 12.8. The Hall–Kier alpha value is -3.26. The van der Waals surface area contributed by atoms with Gasteiger partial charge in [0, 0.05) is 36.3 Å². The molecule has 4 heterocycles. The first-order valence-electron chi connectivity index (χ1n) is 8.32. The quantitative estimate of drug-likeness (QED) is 0.546. The molecule has 0 amide bonds. The largest absolute Gasteiger partial charge is 0.471 e. The number of nitrogens with zero attached hydrogens (tertiary/aromatic N) is 4. The predicted octanol–water partition coefficient (Wildman–Crippen LogP) is 3.65. The number of anilines is 1. The Kier molecular flexibility index (Phi) is 4.80. The van der Waals surface area contributed by atoms with Crippen LogP contribution < -0.4 is 10.5 Å². The molecule has 4 aromatic rings. The van der Waals surface area contributed by atoms with Gasteiger partial charge in [-0.05, 0) is 24.6 Å². The summed E-state index contributed by atoms with van der Waals surface area (Å²) in [5.74, 6) is 1.58. The Balaban J connectivity index is 1.39. The predicted molar refractivity (Wildman–Crippen MR) is 102 cm³/mol.